The zero-order valence-corrected chi connectivity index (χ0v) is 19.3. The predicted molar refractivity (Wildman–Crippen MR) is 130 cm³/mol. The molecular weight excluding hydrogens is 490 g/mol. The number of nitrogens with one attached hydrogen (secondary N) is 1. The van der Waals surface area contributed by atoms with Crippen LogP contribution in [0.25, 0.3) is 11.3 Å². The molecule has 7 nitrogen and oxygen atoms in total. The Morgan fingerprint density at radius 3 is 2.47 bits per heavy atom. The fourth-order valence-electron chi connectivity index (χ4n) is 4.04. The average molecular weight is 507 g/mol. The summed E-state index contributed by atoms with van der Waals surface area (Å²) >= 11 is 6.12. The van der Waals surface area contributed by atoms with Crippen molar-refractivity contribution < 1.29 is 23.2 Å². The van der Waals surface area contributed by atoms with Crippen LogP contribution < -0.4 is 9.80 Å². The van der Waals surface area contributed by atoms with Crippen molar-refractivity contribution in [1.29, 1.82) is 0 Å². The zero-order chi connectivity index (χ0) is 25.4. The molecular formula is C26H17ClF2N4O3. The summed E-state index contributed by atoms with van der Waals surface area (Å²) in [6.45, 7) is -0.436. The van der Waals surface area contributed by atoms with E-state index in [1.807, 2.05) is 0 Å². The fourth-order valence-corrected chi connectivity index (χ4v) is 4.26. The molecule has 3 aromatic carbocycles. The Hall–Kier alpha value is -4.37. The molecule has 0 bridgehead atoms. The monoisotopic (exact) mass is 506 g/mol. The SMILES string of the molecule is O=C1C(=O)N(CC(=O)N(Cc2cccc(Cl)c2)c2ccc(-c3cnc[nH]3)cc2)c2cc(F)c(F)cc21. The lowest BCUT2D eigenvalue weighted by atomic mass is 10.1. The first-order chi connectivity index (χ1) is 17.3. The van der Waals surface area contributed by atoms with Crippen molar-refractivity contribution in [3.05, 3.63) is 101 Å². The number of anilines is 2. The van der Waals surface area contributed by atoms with E-state index in [4.69, 9.17) is 11.6 Å². The molecule has 36 heavy (non-hydrogen) atoms. The highest BCUT2D eigenvalue weighted by molar-refractivity contribution is 6.52. The van der Waals surface area contributed by atoms with Crippen LogP contribution in [0.2, 0.25) is 5.02 Å². The summed E-state index contributed by atoms with van der Waals surface area (Å²) in [6, 6.07) is 15.5. The van der Waals surface area contributed by atoms with Gasteiger partial charge in [0.25, 0.3) is 11.7 Å². The number of rotatable bonds is 6. The first kappa shape index (κ1) is 23.4. The molecule has 0 spiro atoms. The van der Waals surface area contributed by atoms with E-state index in [1.54, 1.807) is 61.1 Å². The van der Waals surface area contributed by atoms with Crippen LogP contribution in [0.5, 0.6) is 0 Å². The number of benzene rings is 3. The van der Waals surface area contributed by atoms with Gasteiger partial charge in [-0.15, -0.1) is 0 Å². The van der Waals surface area contributed by atoms with Crippen molar-refractivity contribution in [2.45, 2.75) is 6.54 Å². The lowest BCUT2D eigenvalue weighted by Gasteiger charge is -2.26. The van der Waals surface area contributed by atoms with Crippen LogP contribution in [-0.4, -0.2) is 34.1 Å². The summed E-state index contributed by atoms with van der Waals surface area (Å²) < 4.78 is 27.6. The third kappa shape index (κ3) is 4.36. The molecule has 0 unspecified atom stereocenters. The summed E-state index contributed by atoms with van der Waals surface area (Å²) in [5, 5.41) is 0.487. The second-order valence-electron chi connectivity index (χ2n) is 8.13. The number of amides is 2. The smallest absolute Gasteiger partial charge is 0.299 e. The Morgan fingerprint density at radius 1 is 1.03 bits per heavy atom. The number of nitrogens with zero attached hydrogens (tertiary/aromatic N) is 3. The van der Waals surface area contributed by atoms with Gasteiger partial charge in [0.15, 0.2) is 11.6 Å². The molecule has 5 rings (SSSR count). The molecule has 1 aromatic heterocycles. The average Bonchev–Trinajstić information content (AvgIpc) is 3.48. The van der Waals surface area contributed by atoms with Crippen LogP contribution in [0.4, 0.5) is 20.2 Å². The number of carbonyl (C=O) groups excluding carboxylic acids is 3. The van der Waals surface area contributed by atoms with E-state index in [9.17, 15) is 23.2 Å². The van der Waals surface area contributed by atoms with Gasteiger partial charge in [0.2, 0.25) is 5.91 Å². The van der Waals surface area contributed by atoms with Crippen molar-refractivity contribution in [2.75, 3.05) is 16.3 Å². The highest BCUT2D eigenvalue weighted by Gasteiger charge is 2.39. The molecule has 2 amide bonds. The largest absolute Gasteiger partial charge is 0.345 e. The second kappa shape index (κ2) is 9.35. The Balaban J connectivity index is 1.48. The van der Waals surface area contributed by atoms with E-state index in [0.29, 0.717) is 16.8 Å². The Bertz CT molecular complexity index is 1490. The molecule has 0 atom stereocenters. The summed E-state index contributed by atoms with van der Waals surface area (Å²) in [7, 11) is 0. The summed E-state index contributed by atoms with van der Waals surface area (Å²) in [6.07, 6.45) is 3.22. The number of aromatic nitrogens is 2. The van der Waals surface area contributed by atoms with Crippen LogP contribution in [-0.2, 0) is 16.1 Å². The summed E-state index contributed by atoms with van der Waals surface area (Å²) in [5.74, 6) is -5.03. The van der Waals surface area contributed by atoms with Crippen molar-refractivity contribution in [2.24, 2.45) is 0 Å². The van der Waals surface area contributed by atoms with Gasteiger partial charge in [0.1, 0.15) is 6.54 Å². The van der Waals surface area contributed by atoms with Crippen LogP contribution in [0, 0.1) is 11.6 Å². The molecule has 1 N–H and O–H groups in total. The van der Waals surface area contributed by atoms with Crippen molar-refractivity contribution >= 4 is 40.6 Å². The normalized spacial score (nSPS) is 12.7. The topological polar surface area (TPSA) is 86.4 Å². The number of halogens is 3. The first-order valence-electron chi connectivity index (χ1n) is 10.8. The minimum atomic E-state index is -1.25. The maximum atomic E-state index is 13.9. The third-order valence-corrected chi connectivity index (χ3v) is 6.06. The first-order valence-corrected chi connectivity index (χ1v) is 11.2. The van der Waals surface area contributed by atoms with E-state index in [1.165, 1.54) is 4.90 Å². The number of Topliss-reactive ketones (excluding diaryl/α,β-unsaturated/α-hetero) is 1. The van der Waals surface area contributed by atoms with Crippen LogP contribution in [0.15, 0.2) is 73.2 Å². The van der Waals surface area contributed by atoms with Crippen LogP contribution in [0.3, 0.4) is 0 Å². The van der Waals surface area contributed by atoms with E-state index in [0.717, 1.165) is 27.8 Å². The summed E-state index contributed by atoms with van der Waals surface area (Å²) in [5.41, 5.74) is 2.46. The number of H-pyrrole nitrogens is 1. The molecule has 0 saturated carbocycles. The minimum absolute atomic E-state index is 0.114. The van der Waals surface area contributed by atoms with Gasteiger partial charge in [-0.2, -0.15) is 0 Å². The van der Waals surface area contributed by atoms with Gasteiger partial charge >= 0.3 is 0 Å². The number of hydrogen-bond acceptors (Lipinski definition) is 4. The van der Waals surface area contributed by atoms with Gasteiger partial charge < -0.3 is 9.88 Å². The number of fused-ring (bicyclic) bond motifs is 1. The molecule has 4 aromatic rings. The molecule has 0 radical (unpaired) electrons. The zero-order valence-electron chi connectivity index (χ0n) is 18.5. The van der Waals surface area contributed by atoms with Crippen molar-refractivity contribution in [3.8, 4) is 11.3 Å². The maximum Gasteiger partial charge on any atom is 0.299 e. The molecule has 0 fully saturated rings. The highest BCUT2D eigenvalue weighted by atomic mass is 35.5. The van der Waals surface area contributed by atoms with E-state index >= 15 is 0 Å². The maximum absolute atomic E-state index is 13.9. The number of aromatic amines is 1. The molecule has 1 aliphatic heterocycles. The lowest BCUT2D eigenvalue weighted by molar-refractivity contribution is -0.120. The molecule has 1 aliphatic rings. The molecule has 10 heteroatoms. The van der Waals surface area contributed by atoms with E-state index < -0.39 is 35.8 Å². The lowest BCUT2D eigenvalue weighted by Crippen LogP contribution is -2.42. The van der Waals surface area contributed by atoms with Gasteiger partial charge in [-0.05, 0) is 41.5 Å². The molecule has 0 saturated heterocycles. The Labute approximate surface area is 208 Å². The standard InChI is InChI=1S/C26H17ClF2N4O3/c27-17-3-1-2-15(8-17)12-32(18-6-4-16(5-7-18)22-11-30-14-31-22)24(34)13-33-23-10-21(29)20(28)9-19(23)25(35)26(33)36/h1-11,14H,12-13H2,(H,30,31). The Morgan fingerprint density at radius 2 is 1.78 bits per heavy atom. The molecule has 180 valence electrons. The second-order valence-corrected chi connectivity index (χ2v) is 8.56. The number of hydrogen-bond donors (Lipinski definition) is 1. The van der Waals surface area contributed by atoms with Crippen LogP contribution >= 0.6 is 11.6 Å². The van der Waals surface area contributed by atoms with E-state index in [2.05, 4.69) is 9.97 Å². The molecule has 0 aliphatic carbocycles. The molecule has 2 heterocycles. The number of imidazole rings is 1. The quantitative estimate of drug-likeness (QED) is 0.382. The van der Waals surface area contributed by atoms with Crippen molar-refractivity contribution in [3.63, 3.8) is 0 Å². The fraction of sp³-hybridized carbons (Fsp3) is 0.0769. The summed E-state index contributed by atoms with van der Waals surface area (Å²) in [4.78, 5) is 47.8. The Kier molecular flexibility index (Phi) is 6.07. The number of carbonyl (C=O) groups is 3. The highest BCUT2D eigenvalue weighted by Crippen LogP contribution is 2.32. The van der Waals surface area contributed by atoms with Gasteiger partial charge in [-0.25, -0.2) is 13.8 Å². The third-order valence-electron chi connectivity index (χ3n) is 5.83. The van der Waals surface area contributed by atoms with Gasteiger partial charge in [-0.1, -0.05) is 35.9 Å². The van der Waals surface area contributed by atoms with Gasteiger partial charge in [0, 0.05) is 16.8 Å². The van der Waals surface area contributed by atoms with Gasteiger partial charge in [-0.3, -0.25) is 19.3 Å². The minimum Gasteiger partial charge on any atom is -0.345 e. The van der Waals surface area contributed by atoms with Crippen molar-refractivity contribution in [1.82, 2.24) is 9.97 Å². The van der Waals surface area contributed by atoms with E-state index in [-0.39, 0.29) is 17.8 Å². The van der Waals surface area contributed by atoms with Crippen LogP contribution in [0.1, 0.15) is 15.9 Å². The van der Waals surface area contributed by atoms with Gasteiger partial charge in [0.05, 0.1) is 36.0 Å². The predicted octanol–water partition coefficient (Wildman–Crippen LogP) is 4.77. The number of ketones is 1.